The van der Waals surface area contributed by atoms with Gasteiger partial charge in [0.25, 0.3) is 0 Å². The second kappa shape index (κ2) is 16.7. The van der Waals surface area contributed by atoms with Crippen LogP contribution in [-0.2, 0) is 0 Å². The van der Waals surface area contributed by atoms with Crippen molar-refractivity contribution in [3.05, 3.63) is 12.2 Å². The van der Waals surface area contributed by atoms with Crippen molar-refractivity contribution in [2.75, 3.05) is 6.61 Å². The van der Waals surface area contributed by atoms with Gasteiger partial charge in [0.2, 0.25) is 0 Å². The maximum absolute atomic E-state index is 8.76. The van der Waals surface area contributed by atoms with E-state index in [1.807, 2.05) is 6.08 Å². The Morgan fingerprint density at radius 3 is 1.70 bits per heavy atom. The summed E-state index contributed by atoms with van der Waals surface area (Å²) in [4.78, 5) is 0. The average Bonchev–Trinajstić information content (AvgIpc) is 2.47. The summed E-state index contributed by atoms with van der Waals surface area (Å²) in [5.74, 6) is 0. The maximum atomic E-state index is 8.76. The summed E-state index contributed by atoms with van der Waals surface area (Å²) in [6, 6.07) is -0.174. The van der Waals surface area contributed by atoms with Crippen molar-refractivity contribution in [1.82, 2.24) is 0 Å². The molecule has 0 heterocycles. The molecule has 0 aromatic rings. The predicted molar refractivity (Wildman–Crippen MR) is 89.9 cm³/mol. The highest BCUT2D eigenvalue weighted by Gasteiger charge is 1.94. The zero-order chi connectivity index (χ0) is 14.9. The van der Waals surface area contributed by atoms with Crippen LogP contribution in [0.4, 0.5) is 0 Å². The second-order valence-electron chi connectivity index (χ2n) is 5.95. The Labute approximate surface area is 126 Å². The smallest absolute Gasteiger partial charge is 0.0618 e. The van der Waals surface area contributed by atoms with Crippen LogP contribution in [0.2, 0.25) is 0 Å². The molecule has 1 unspecified atom stereocenters. The summed E-state index contributed by atoms with van der Waals surface area (Å²) in [7, 11) is 0. The molecule has 0 aliphatic rings. The van der Waals surface area contributed by atoms with Gasteiger partial charge in [-0.25, -0.2) is 0 Å². The van der Waals surface area contributed by atoms with Gasteiger partial charge in [-0.1, -0.05) is 89.7 Å². The first-order chi connectivity index (χ1) is 9.81. The molecule has 0 fully saturated rings. The van der Waals surface area contributed by atoms with Gasteiger partial charge in [0.1, 0.15) is 0 Å². The van der Waals surface area contributed by atoms with Crippen molar-refractivity contribution in [3.63, 3.8) is 0 Å². The van der Waals surface area contributed by atoms with Gasteiger partial charge in [-0.2, -0.15) is 0 Å². The molecule has 3 N–H and O–H groups in total. The van der Waals surface area contributed by atoms with Crippen molar-refractivity contribution in [2.45, 2.75) is 96.4 Å². The summed E-state index contributed by atoms with van der Waals surface area (Å²) in [5.41, 5.74) is 5.58. The Morgan fingerprint density at radius 1 is 0.800 bits per heavy atom. The molecule has 0 rings (SSSR count). The van der Waals surface area contributed by atoms with Crippen LogP contribution in [0.25, 0.3) is 0 Å². The number of aliphatic hydroxyl groups excluding tert-OH is 1. The van der Waals surface area contributed by atoms with E-state index >= 15 is 0 Å². The largest absolute Gasteiger partial charge is 0.394 e. The number of rotatable bonds is 15. The highest BCUT2D eigenvalue weighted by Crippen LogP contribution is 2.12. The van der Waals surface area contributed by atoms with E-state index in [1.54, 1.807) is 0 Å². The zero-order valence-corrected chi connectivity index (χ0v) is 13.7. The van der Waals surface area contributed by atoms with Crippen molar-refractivity contribution in [1.29, 1.82) is 0 Å². The van der Waals surface area contributed by atoms with Crippen molar-refractivity contribution < 1.29 is 5.11 Å². The van der Waals surface area contributed by atoms with Gasteiger partial charge in [-0.15, -0.1) is 0 Å². The third-order valence-corrected chi connectivity index (χ3v) is 3.82. The highest BCUT2D eigenvalue weighted by molar-refractivity contribution is 4.90. The summed E-state index contributed by atoms with van der Waals surface area (Å²) < 4.78 is 0. The van der Waals surface area contributed by atoms with E-state index < -0.39 is 0 Å². The van der Waals surface area contributed by atoms with Crippen LogP contribution in [0.5, 0.6) is 0 Å². The summed E-state index contributed by atoms with van der Waals surface area (Å²) in [6.45, 7) is 2.33. The Balaban J connectivity index is 3.04. The van der Waals surface area contributed by atoms with E-state index in [-0.39, 0.29) is 12.6 Å². The molecular weight excluding hydrogens is 246 g/mol. The molecular formula is C18H37NO. The molecule has 0 radical (unpaired) electrons. The number of allylic oxidation sites excluding steroid dienone is 1. The van der Waals surface area contributed by atoms with Gasteiger partial charge in [-0.05, 0) is 12.8 Å². The molecule has 0 aromatic heterocycles. The molecule has 1 atom stereocenters. The summed E-state index contributed by atoms with van der Waals surface area (Å²) in [5, 5.41) is 8.76. The Hall–Kier alpha value is -0.340. The summed E-state index contributed by atoms with van der Waals surface area (Å²) >= 11 is 0. The zero-order valence-electron chi connectivity index (χ0n) is 13.7. The molecule has 2 nitrogen and oxygen atoms in total. The minimum Gasteiger partial charge on any atom is -0.394 e. The molecule has 120 valence electrons. The van der Waals surface area contributed by atoms with E-state index in [4.69, 9.17) is 10.8 Å². The molecule has 0 saturated carbocycles. The number of aliphatic hydroxyl groups is 1. The first-order valence-corrected chi connectivity index (χ1v) is 8.84. The number of hydrogen-bond acceptors (Lipinski definition) is 2. The maximum Gasteiger partial charge on any atom is 0.0618 e. The fraction of sp³-hybridized carbons (Fsp3) is 0.889. The van der Waals surface area contributed by atoms with E-state index in [0.29, 0.717) is 0 Å². The topological polar surface area (TPSA) is 46.2 Å². The standard InChI is InChI=1S/C18H37NO/c1-2-3-4-5-6-7-8-9-10-11-12-13-14-15-16-18(19)17-20/h15-16,18,20H,2-14,17,19H2,1H3/b16-15+. The summed E-state index contributed by atoms with van der Waals surface area (Å²) in [6.07, 6.45) is 21.8. The van der Waals surface area contributed by atoms with Crippen LogP contribution in [0, 0.1) is 0 Å². The van der Waals surface area contributed by atoms with Crippen LogP contribution in [-0.4, -0.2) is 17.8 Å². The van der Waals surface area contributed by atoms with Crippen LogP contribution in [0.1, 0.15) is 90.4 Å². The fourth-order valence-electron chi connectivity index (χ4n) is 2.44. The van der Waals surface area contributed by atoms with Gasteiger partial charge in [-0.3, -0.25) is 0 Å². The fourth-order valence-corrected chi connectivity index (χ4v) is 2.44. The van der Waals surface area contributed by atoms with E-state index in [9.17, 15) is 0 Å². The van der Waals surface area contributed by atoms with E-state index in [0.717, 1.165) is 6.42 Å². The SMILES string of the molecule is CCCCCCCCCCCCCC/C=C/C(N)CO. The number of hydrogen-bond donors (Lipinski definition) is 2. The molecule has 2 heteroatoms. The average molecular weight is 284 g/mol. The monoisotopic (exact) mass is 283 g/mol. The minimum absolute atomic E-state index is 0.0505. The lowest BCUT2D eigenvalue weighted by Crippen LogP contribution is -2.20. The molecule has 0 aliphatic carbocycles. The van der Waals surface area contributed by atoms with Gasteiger partial charge < -0.3 is 10.8 Å². The Morgan fingerprint density at radius 2 is 1.25 bits per heavy atom. The van der Waals surface area contributed by atoms with Gasteiger partial charge >= 0.3 is 0 Å². The van der Waals surface area contributed by atoms with Gasteiger partial charge in [0.15, 0.2) is 0 Å². The van der Waals surface area contributed by atoms with Crippen molar-refractivity contribution in [2.24, 2.45) is 5.73 Å². The van der Waals surface area contributed by atoms with Crippen LogP contribution < -0.4 is 5.73 Å². The lowest BCUT2D eigenvalue weighted by molar-refractivity contribution is 0.284. The third-order valence-electron chi connectivity index (χ3n) is 3.82. The Bertz CT molecular complexity index is 204. The molecule has 0 aromatic carbocycles. The number of unbranched alkanes of at least 4 members (excludes halogenated alkanes) is 12. The molecule has 0 bridgehead atoms. The molecule has 0 aliphatic heterocycles. The van der Waals surface area contributed by atoms with E-state index in [2.05, 4.69) is 13.0 Å². The van der Waals surface area contributed by atoms with Crippen molar-refractivity contribution in [3.8, 4) is 0 Å². The van der Waals surface area contributed by atoms with Crippen LogP contribution >= 0.6 is 0 Å². The number of nitrogens with two attached hydrogens (primary N) is 1. The third kappa shape index (κ3) is 15.7. The lowest BCUT2D eigenvalue weighted by atomic mass is 10.0. The highest BCUT2D eigenvalue weighted by atomic mass is 16.3. The quantitative estimate of drug-likeness (QED) is 0.330. The molecule has 20 heavy (non-hydrogen) atoms. The van der Waals surface area contributed by atoms with Gasteiger partial charge in [0.05, 0.1) is 6.61 Å². The molecule has 0 spiro atoms. The van der Waals surface area contributed by atoms with E-state index in [1.165, 1.54) is 77.0 Å². The molecule has 0 saturated heterocycles. The van der Waals surface area contributed by atoms with Crippen LogP contribution in [0.3, 0.4) is 0 Å². The predicted octanol–water partition coefficient (Wildman–Crippen LogP) is 4.95. The normalized spacial score (nSPS) is 13.2. The first kappa shape index (κ1) is 19.7. The first-order valence-electron chi connectivity index (χ1n) is 8.84. The Kier molecular flexibility index (Phi) is 16.4. The van der Waals surface area contributed by atoms with Crippen molar-refractivity contribution >= 4 is 0 Å². The second-order valence-corrected chi connectivity index (χ2v) is 5.95. The van der Waals surface area contributed by atoms with Gasteiger partial charge in [0, 0.05) is 6.04 Å². The molecule has 0 amide bonds. The lowest BCUT2D eigenvalue weighted by Gasteiger charge is -2.02. The van der Waals surface area contributed by atoms with Crippen LogP contribution in [0.15, 0.2) is 12.2 Å². The minimum atomic E-state index is -0.174.